The minimum atomic E-state index is 0.604. The quantitative estimate of drug-likeness (QED) is 0.0342. The molecule has 0 aliphatic rings. The van der Waals surface area contributed by atoms with Crippen LogP contribution in [0.5, 0.6) is 34.5 Å². The van der Waals surface area contributed by atoms with Crippen molar-refractivity contribution in [3.63, 3.8) is 0 Å². The van der Waals surface area contributed by atoms with Crippen LogP contribution < -0.4 is 28.4 Å². The van der Waals surface area contributed by atoms with Gasteiger partial charge >= 0.3 is 0 Å². The van der Waals surface area contributed by atoms with Crippen molar-refractivity contribution >= 4 is 134 Å². The molecule has 0 unspecified atom stereocenters. The Morgan fingerprint density at radius 3 is 0.769 bits per heavy atom. The van der Waals surface area contributed by atoms with Crippen LogP contribution in [0, 0.1) is 0 Å². The summed E-state index contributed by atoms with van der Waals surface area (Å²) >= 11 is 13.3. The second-order valence-electron chi connectivity index (χ2n) is 28.1. The zero-order valence-corrected chi connectivity index (χ0v) is 69.7. The van der Waals surface area contributed by atoms with Gasteiger partial charge in [0.15, 0.2) is 23.0 Å². The van der Waals surface area contributed by atoms with Crippen molar-refractivity contribution in [2.45, 2.75) is 273 Å². The monoisotopic (exact) mass is 1550 g/mol. The lowest BCUT2D eigenvalue weighted by Gasteiger charge is -2.20. The van der Waals surface area contributed by atoms with E-state index in [9.17, 15) is 0 Å². The SMILES string of the molecule is CCCCCCCCOc1c(OCCCCCCCC)c(-c2ccc(-c3cc4c(OCCCCCCCC)c5sc(-c6ccc(-c7c(OCCCCCCCC)c(OCCCCCCCC)c(-c8cccs8)c8nsnc78)s6)cc5c(OCCCCCCCC)c4s3)s2)c2nsnc2c1-c1cccs1. The van der Waals surface area contributed by atoms with E-state index in [0.717, 1.165) is 196 Å². The van der Waals surface area contributed by atoms with Crippen LogP contribution in [0.1, 0.15) is 273 Å². The average molecular weight is 1560 g/mol. The number of nitrogens with zero attached hydrogens (tertiary/aromatic N) is 4. The van der Waals surface area contributed by atoms with Crippen molar-refractivity contribution in [2.75, 3.05) is 39.6 Å². The molecule has 10 nitrogen and oxygen atoms in total. The maximum absolute atomic E-state index is 7.30. The first-order valence-corrected chi connectivity index (χ1v) is 46.7. The number of fused-ring (bicyclic) bond motifs is 4. The number of thiophene rings is 6. The molecule has 0 aliphatic heterocycles. The summed E-state index contributed by atoms with van der Waals surface area (Å²) in [5.74, 6) is 5.08. The topological polar surface area (TPSA) is 107 Å². The maximum atomic E-state index is 7.30. The summed E-state index contributed by atoms with van der Waals surface area (Å²) in [4.78, 5) is 9.13. The van der Waals surface area contributed by atoms with Gasteiger partial charge in [-0.25, -0.2) is 0 Å². The lowest BCUT2D eigenvalue weighted by molar-refractivity contribution is 0.260. The average Bonchev–Trinajstić information content (AvgIpc) is 1.56. The summed E-state index contributed by atoms with van der Waals surface area (Å²) in [7, 11) is 0. The van der Waals surface area contributed by atoms with Gasteiger partial charge in [0.05, 0.1) is 94.8 Å². The second-order valence-corrected chi connectivity index (χ2v) is 35.3. The molecule has 3 aromatic carbocycles. The molecule has 0 amide bonds. The van der Waals surface area contributed by atoms with Crippen LogP contribution in [0.2, 0.25) is 0 Å². The minimum Gasteiger partial charge on any atom is -0.491 e. The molecular formula is C86H114N4O6S8. The fourth-order valence-corrected chi connectivity index (χ4v) is 21.3. The molecule has 0 aliphatic carbocycles. The first-order chi connectivity index (χ1) is 51.5. The normalized spacial score (nSPS) is 11.8. The highest BCUT2D eigenvalue weighted by Gasteiger charge is 2.32. The Kier molecular flexibility index (Phi) is 33.6. The van der Waals surface area contributed by atoms with E-state index < -0.39 is 0 Å². The van der Waals surface area contributed by atoms with Crippen LogP contribution in [0.15, 0.2) is 71.4 Å². The van der Waals surface area contributed by atoms with Crippen molar-refractivity contribution in [1.82, 2.24) is 17.5 Å². The van der Waals surface area contributed by atoms with Crippen LogP contribution in [0.4, 0.5) is 0 Å². The Morgan fingerprint density at radius 1 is 0.250 bits per heavy atom. The zero-order chi connectivity index (χ0) is 71.9. The van der Waals surface area contributed by atoms with Gasteiger partial charge in [-0.3, -0.25) is 0 Å². The van der Waals surface area contributed by atoms with Crippen molar-refractivity contribution in [3.05, 3.63) is 71.4 Å². The van der Waals surface area contributed by atoms with Gasteiger partial charge < -0.3 is 28.4 Å². The molecule has 11 aromatic rings. The molecule has 0 saturated carbocycles. The number of hydrogen-bond donors (Lipinski definition) is 0. The molecular weight excluding hydrogens is 1440 g/mol. The van der Waals surface area contributed by atoms with Gasteiger partial charge in [-0.2, -0.15) is 17.5 Å². The van der Waals surface area contributed by atoms with Gasteiger partial charge in [-0.15, -0.1) is 68.0 Å². The van der Waals surface area contributed by atoms with E-state index in [-0.39, 0.29) is 0 Å². The molecule has 0 fully saturated rings. The van der Waals surface area contributed by atoms with Crippen molar-refractivity contribution < 1.29 is 28.4 Å². The third-order valence-corrected chi connectivity index (χ3v) is 27.5. The summed E-state index contributed by atoms with van der Waals surface area (Å²) in [6.45, 7) is 17.4. The largest absolute Gasteiger partial charge is 0.491 e. The molecule has 0 atom stereocenters. The summed E-state index contributed by atoms with van der Waals surface area (Å²) in [5.41, 5.74) is 7.42. The van der Waals surface area contributed by atoms with Crippen LogP contribution >= 0.6 is 91.5 Å². The third kappa shape index (κ3) is 21.2. The molecule has 0 spiro atoms. The Hall–Kier alpha value is -5.18. The summed E-state index contributed by atoms with van der Waals surface area (Å²) in [5, 5.41) is 6.52. The number of ether oxygens (including phenoxy) is 6. The Balaban J connectivity index is 1.01. The number of unbranched alkanes of at least 4 members (excludes halogenated alkanes) is 30. The first-order valence-electron chi connectivity index (χ1n) is 40.2. The lowest BCUT2D eigenvalue weighted by atomic mass is 10.0. The van der Waals surface area contributed by atoms with Crippen molar-refractivity contribution in [1.29, 1.82) is 0 Å². The summed E-state index contributed by atoms with van der Waals surface area (Å²) < 4.78 is 65.9. The number of aromatic nitrogens is 4. The van der Waals surface area contributed by atoms with Crippen LogP contribution in [0.3, 0.4) is 0 Å². The second kappa shape index (κ2) is 43.7. The summed E-state index contributed by atoms with van der Waals surface area (Å²) in [6.07, 6.45) is 42.6. The van der Waals surface area contributed by atoms with E-state index >= 15 is 0 Å². The lowest BCUT2D eigenvalue weighted by Crippen LogP contribution is -2.06. The molecule has 0 bridgehead atoms. The standard InChI is InChI=1S/C86H114N4O6S8/c1-7-13-19-25-31-37-51-91-79-61-59-69(63-47-49-67(99-63)73-77-75(87-103-89-77)71(65-45-43-57-97-65)81(93-53-39-33-27-21-15-9-3)83(73)95-55-41-35-29-23-17-11-5)102-86(61)80(92-52-38-32-26-20-14-8-2)62-60-70(101-85(62)79)64-48-50-68(100-64)74-78-76(88-104-90-78)72(66-46-44-58-98-66)82(94-54-40-34-28-22-16-10-4)84(74)96-56-42-36-30-24-18-12-6/h43-50,57-60H,7-42,51-56H2,1-6H3. The highest BCUT2D eigenvalue weighted by atomic mass is 32.1. The van der Waals surface area contributed by atoms with Crippen LogP contribution in [-0.2, 0) is 0 Å². The Labute approximate surface area is 653 Å². The van der Waals surface area contributed by atoms with Crippen molar-refractivity contribution in [2.24, 2.45) is 0 Å². The highest BCUT2D eigenvalue weighted by molar-refractivity contribution is 7.29. The molecule has 0 N–H and O–H groups in total. The molecule has 104 heavy (non-hydrogen) atoms. The first kappa shape index (κ1) is 79.9. The maximum Gasteiger partial charge on any atom is 0.172 e. The molecule has 0 saturated heterocycles. The van der Waals surface area contributed by atoms with E-state index in [0.29, 0.717) is 39.6 Å². The molecule has 8 heterocycles. The number of hydrogen-bond acceptors (Lipinski definition) is 18. The molecule has 8 aromatic heterocycles. The molecule has 11 rings (SSSR count). The summed E-state index contributed by atoms with van der Waals surface area (Å²) in [6, 6.07) is 22.6. The Morgan fingerprint density at radius 2 is 0.500 bits per heavy atom. The van der Waals surface area contributed by atoms with Gasteiger partial charge in [0.2, 0.25) is 0 Å². The van der Waals surface area contributed by atoms with Gasteiger partial charge in [-0.1, -0.05) is 246 Å². The number of benzene rings is 3. The predicted molar refractivity (Wildman–Crippen MR) is 457 cm³/mol. The van der Waals surface area contributed by atoms with E-state index in [2.05, 4.69) is 113 Å². The Bertz CT molecular complexity index is 3950. The predicted octanol–water partition coefficient (Wildman–Crippen LogP) is 30.8. The van der Waals surface area contributed by atoms with E-state index in [1.54, 1.807) is 45.3 Å². The van der Waals surface area contributed by atoms with Crippen LogP contribution in [0.25, 0.3) is 104 Å². The van der Waals surface area contributed by atoms with Crippen LogP contribution in [-0.4, -0.2) is 57.1 Å². The van der Waals surface area contributed by atoms with Gasteiger partial charge in [0, 0.05) is 49.8 Å². The molecule has 562 valence electrons. The fourth-order valence-electron chi connectivity index (χ4n) is 14.0. The molecule has 0 radical (unpaired) electrons. The number of rotatable bonds is 54. The van der Waals surface area contributed by atoms with Gasteiger partial charge in [0.25, 0.3) is 0 Å². The van der Waals surface area contributed by atoms with E-state index in [4.69, 9.17) is 45.9 Å². The zero-order valence-electron chi connectivity index (χ0n) is 63.1. The van der Waals surface area contributed by atoms with Gasteiger partial charge in [0.1, 0.15) is 33.6 Å². The third-order valence-electron chi connectivity index (χ3n) is 19.8. The van der Waals surface area contributed by atoms with E-state index in [1.807, 2.05) is 22.7 Å². The highest BCUT2D eigenvalue weighted by Crippen LogP contribution is 2.58. The van der Waals surface area contributed by atoms with Gasteiger partial charge in [-0.05, 0) is 97.8 Å². The van der Waals surface area contributed by atoms with Crippen molar-refractivity contribution in [3.8, 4) is 95.8 Å². The minimum absolute atomic E-state index is 0.604. The molecule has 18 heteroatoms. The van der Waals surface area contributed by atoms with E-state index in [1.165, 1.54) is 197 Å². The smallest absolute Gasteiger partial charge is 0.172 e. The fraction of sp³-hybridized carbons (Fsp3) is 0.558.